The summed E-state index contributed by atoms with van der Waals surface area (Å²) in [6.45, 7) is 2.80. The molecule has 2 heterocycles. The van der Waals surface area contributed by atoms with E-state index in [9.17, 15) is 0 Å². The van der Waals surface area contributed by atoms with E-state index >= 15 is 0 Å². The summed E-state index contributed by atoms with van der Waals surface area (Å²) >= 11 is 3.58. The molecule has 1 fully saturated rings. The number of benzene rings is 1. The summed E-state index contributed by atoms with van der Waals surface area (Å²) in [6, 6.07) is 12.6. The third-order valence-corrected chi connectivity index (χ3v) is 5.27. The summed E-state index contributed by atoms with van der Waals surface area (Å²) in [4.78, 5) is 0. The Bertz CT molecular complexity index is 853. The average Bonchev–Trinajstić information content (AvgIpc) is 2.87. The molecule has 1 aromatic carbocycles. The summed E-state index contributed by atoms with van der Waals surface area (Å²) in [6.07, 6.45) is 3.71. The van der Waals surface area contributed by atoms with Crippen molar-refractivity contribution in [2.75, 3.05) is 11.9 Å². The molecule has 23 heavy (non-hydrogen) atoms. The first-order valence-corrected chi connectivity index (χ1v) is 8.65. The number of aromatic nitrogens is 4. The van der Waals surface area contributed by atoms with Crippen LogP contribution in [0.5, 0.6) is 0 Å². The minimum atomic E-state index is 0.211. The van der Waals surface area contributed by atoms with Gasteiger partial charge in [-0.2, -0.15) is 4.52 Å². The largest absolute Gasteiger partial charge is 0.368 e. The zero-order chi connectivity index (χ0) is 15.9. The predicted octanol–water partition coefficient (Wildman–Crippen LogP) is 3.73. The molecule has 1 aliphatic carbocycles. The van der Waals surface area contributed by atoms with Crippen LogP contribution in [0.3, 0.4) is 0 Å². The molecular formula is C17H18BrN5. The van der Waals surface area contributed by atoms with E-state index in [2.05, 4.69) is 60.8 Å². The summed E-state index contributed by atoms with van der Waals surface area (Å²) < 4.78 is 2.91. The standard InChI is InChI=1S/C17H18BrN5/c1-12-20-21-16-7-6-15(22-23(12)16)19-11-17(8-3-9-17)13-4-2-5-14(18)10-13/h2,4-7,10H,3,8-9,11H2,1H3,(H,19,22). The highest BCUT2D eigenvalue weighted by Gasteiger charge is 2.38. The van der Waals surface area contributed by atoms with Gasteiger partial charge in [0.25, 0.3) is 0 Å². The Morgan fingerprint density at radius 3 is 2.83 bits per heavy atom. The Morgan fingerprint density at radius 1 is 1.22 bits per heavy atom. The van der Waals surface area contributed by atoms with Gasteiger partial charge < -0.3 is 5.32 Å². The highest BCUT2D eigenvalue weighted by Crippen LogP contribution is 2.44. The Hall–Kier alpha value is -1.95. The third kappa shape index (κ3) is 2.61. The maximum atomic E-state index is 4.58. The number of hydrogen-bond acceptors (Lipinski definition) is 4. The Kier molecular flexibility index (Phi) is 3.56. The summed E-state index contributed by atoms with van der Waals surface area (Å²) in [5, 5.41) is 16.2. The fourth-order valence-corrected chi connectivity index (χ4v) is 3.64. The molecule has 0 radical (unpaired) electrons. The molecule has 0 saturated heterocycles. The summed E-state index contributed by atoms with van der Waals surface area (Å²) in [5.74, 6) is 1.66. The van der Waals surface area contributed by atoms with Crippen LogP contribution in [0.2, 0.25) is 0 Å². The van der Waals surface area contributed by atoms with Gasteiger partial charge in [-0.05, 0) is 49.6 Å². The summed E-state index contributed by atoms with van der Waals surface area (Å²) in [5.41, 5.74) is 2.38. The molecule has 118 valence electrons. The lowest BCUT2D eigenvalue weighted by Crippen LogP contribution is -2.41. The molecule has 0 atom stereocenters. The van der Waals surface area contributed by atoms with E-state index in [0.717, 1.165) is 28.3 Å². The van der Waals surface area contributed by atoms with Crippen LogP contribution in [0.25, 0.3) is 5.65 Å². The van der Waals surface area contributed by atoms with Crippen molar-refractivity contribution in [3.8, 4) is 0 Å². The number of nitrogens with one attached hydrogen (secondary N) is 1. The normalized spacial score (nSPS) is 16.3. The number of fused-ring (bicyclic) bond motifs is 1. The molecule has 0 spiro atoms. The van der Waals surface area contributed by atoms with E-state index in [1.165, 1.54) is 24.8 Å². The first kappa shape index (κ1) is 14.6. The quantitative estimate of drug-likeness (QED) is 0.758. The van der Waals surface area contributed by atoms with E-state index in [0.29, 0.717) is 0 Å². The van der Waals surface area contributed by atoms with Crippen LogP contribution < -0.4 is 5.32 Å². The number of hydrogen-bond donors (Lipinski definition) is 1. The van der Waals surface area contributed by atoms with Crippen molar-refractivity contribution in [2.24, 2.45) is 0 Å². The van der Waals surface area contributed by atoms with Crippen LogP contribution in [0.4, 0.5) is 5.82 Å². The van der Waals surface area contributed by atoms with Gasteiger partial charge in [-0.1, -0.05) is 34.5 Å². The van der Waals surface area contributed by atoms with Crippen LogP contribution in [0, 0.1) is 6.92 Å². The van der Waals surface area contributed by atoms with E-state index in [1.54, 1.807) is 4.52 Å². The van der Waals surface area contributed by atoms with Gasteiger partial charge in [0.1, 0.15) is 5.82 Å². The number of rotatable bonds is 4. The van der Waals surface area contributed by atoms with E-state index in [1.807, 2.05) is 19.1 Å². The number of nitrogens with zero attached hydrogens (tertiary/aromatic N) is 4. The second-order valence-electron chi connectivity index (χ2n) is 6.23. The Morgan fingerprint density at radius 2 is 2.09 bits per heavy atom. The fourth-order valence-electron chi connectivity index (χ4n) is 3.24. The lowest BCUT2D eigenvalue weighted by atomic mass is 9.64. The van der Waals surface area contributed by atoms with Gasteiger partial charge in [-0.15, -0.1) is 15.3 Å². The highest BCUT2D eigenvalue weighted by atomic mass is 79.9. The van der Waals surface area contributed by atoms with Gasteiger partial charge in [-0.3, -0.25) is 0 Å². The van der Waals surface area contributed by atoms with Crippen molar-refractivity contribution < 1.29 is 0 Å². The van der Waals surface area contributed by atoms with Gasteiger partial charge >= 0.3 is 0 Å². The van der Waals surface area contributed by atoms with Crippen LogP contribution in [-0.4, -0.2) is 26.4 Å². The molecule has 4 rings (SSSR count). The second kappa shape index (κ2) is 5.60. The van der Waals surface area contributed by atoms with E-state index < -0.39 is 0 Å². The number of aryl methyl sites for hydroxylation is 1. The molecule has 0 unspecified atom stereocenters. The predicted molar refractivity (Wildman–Crippen MR) is 93.7 cm³/mol. The molecule has 6 heteroatoms. The lowest BCUT2D eigenvalue weighted by Gasteiger charge is -2.42. The lowest BCUT2D eigenvalue weighted by molar-refractivity contribution is 0.260. The maximum absolute atomic E-state index is 4.58. The summed E-state index contributed by atoms with van der Waals surface area (Å²) in [7, 11) is 0. The monoisotopic (exact) mass is 371 g/mol. The van der Waals surface area contributed by atoms with Crippen LogP contribution in [0.1, 0.15) is 30.7 Å². The van der Waals surface area contributed by atoms with Gasteiger partial charge in [0.2, 0.25) is 0 Å². The molecule has 0 bridgehead atoms. The Balaban J connectivity index is 1.57. The molecule has 0 aliphatic heterocycles. The molecule has 0 amide bonds. The SMILES string of the molecule is Cc1nnc2ccc(NCC3(c4cccc(Br)c4)CCC3)nn12. The smallest absolute Gasteiger partial charge is 0.178 e. The average molecular weight is 372 g/mol. The van der Waals surface area contributed by atoms with Gasteiger partial charge in [-0.25, -0.2) is 0 Å². The second-order valence-corrected chi connectivity index (χ2v) is 7.15. The maximum Gasteiger partial charge on any atom is 0.178 e. The molecule has 1 saturated carbocycles. The molecular weight excluding hydrogens is 354 g/mol. The molecule has 1 N–H and O–H groups in total. The van der Waals surface area contributed by atoms with Crippen molar-refractivity contribution in [2.45, 2.75) is 31.6 Å². The Labute approximate surface area is 143 Å². The van der Waals surface area contributed by atoms with E-state index in [-0.39, 0.29) is 5.41 Å². The van der Waals surface area contributed by atoms with Crippen LogP contribution in [-0.2, 0) is 5.41 Å². The molecule has 5 nitrogen and oxygen atoms in total. The highest BCUT2D eigenvalue weighted by molar-refractivity contribution is 9.10. The van der Waals surface area contributed by atoms with Crippen molar-refractivity contribution >= 4 is 27.4 Å². The molecule has 3 aromatic rings. The van der Waals surface area contributed by atoms with Gasteiger partial charge in [0, 0.05) is 16.4 Å². The minimum absolute atomic E-state index is 0.211. The van der Waals surface area contributed by atoms with Crippen molar-refractivity contribution in [3.63, 3.8) is 0 Å². The first-order valence-electron chi connectivity index (χ1n) is 7.85. The minimum Gasteiger partial charge on any atom is -0.368 e. The van der Waals surface area contributed by atoms with Crippen molar-refractivity contribution in [1.82, 2.24) is 19.8 Å². The van der Waals surface area contributed by atoms with E-state index in [4.69, 9.17) is 0 Å². The fraction of sp³-hybridized carbons (Fsp3) is 0.353. The van der Waals surface area contributed by atoms with Crippen molar-refractivity contribution in [3.05, 3.63) is 52.3 Å². The number of anilines is 1. The third-order valence-electron chi connectivity index (χ3n) is 4.77. The van der Waals surface area contributed by atoms with Gasteiger partial charge in [0.05, 0.1) is 0 Å². The molecule has 2 aromatic heterocycles. The first-order chi connectivity index (χ1) is 11.2. The van der Waals surface area contributed by atoms with Crippen LogP contribution in [0.15, 0.2) is 40.9 Å². The molecule has 1 aliphatic rings. The van der Waals surface area contributed by atoms with Crippen molar-refractivity contribution in [1.29, 1.82) is 0 Å². The number of halogens is 1. The van der Waals surface area contributed by atoms with Gasteiger partial charge in [0.15, 0.2) is 11.5 Å². The topological polar surface area (TPSA) is 55.1 Å². The zero-order valence-corrected chi connectivity index (χ0v) is 14.5. The van der Waals surface area contributed by atoms with Crippen LogP contribution >= 0.6 is 15.9 Å². The zero-order valence-electron chi connectivity index (χ0n) is 13.0.